The standard InChI is InChI=1S/C15H14O2/c1-10-7-14(9-15(17)8-10)13-5-3-12(4-6-13)11(2)16/h3-9,17H,1-2H3. The van der Waals surface area contributed by atoms with E-state index < -0.39 is 0 Å². The minimum atomic E-state index is 0.0589. The molecular weight excluding hydrogens is 212 g/mol. The van der Waals surface area contributed by atoms with E-state index >= 15 is 0 Å². The fourth-order valence-corrected chi connectivity index (χ4v) is 1.83. The molecule has 0 aliphatic rings. The smallest absolute Gasteiger partial charge is 0.159 e. The van der Waals surface area contributed by atoms with Crippen LogP contribution in [0.5, 0.6) is 5.75 Å². The Hall–Kier alpha value is -2.09. The number of ketones is 1. The summed E-state index contributed by atoms with van der Waals surface area (Å²) in [6.07, 6.45) is 0. The normalized spacial score (nSPS) is 10.2. The van der Waals surface area contributed by atoms with Crippen molar-refractivity contribution in [3.63, 3.8) is 0 Å². The van der Waals surface area contributed by atoms with Crippen LogP contribution < -0.4 is 0 Å². The summed E-state index contributed by atoms with van der Waals surface area (Å²) >= 11 is 0. The molecule has 0 aromatic heterocycles. The van der Waals surface area contributed by atoms with Crippen LogP contribution in [0.25, 0.3) is 11.1 Å². The van der Waals surface area contributed by atoms with Crippen molar-refractivity contribution >= 4 is 5.78 Å². The lowest BCUT2D eigenvalue weighted by atomic mass is 10.0. The van der Waals surface area contributed by atoms with E-state index in [0.717, 1.165) is 16.7 Å². The van der Waals surface area contributed by atoms with Crippen molar-refractivity contribution in [1.82, 2.24) is 0 Å². The van der Waals surface area contributed by atoms with Gasteiger partial charge in [0.2, 0.25) is 0 Å². The molecule has 2 nitrogen and oxygen atoms in total. The molecule has 2 aromatic rings. The van der Waals surface area contributed by atoms with Gasteiger partial charge in [0.05, 0.1) is 0 Å². The predicted molar refractivity (Wildman–Crippen MR) is 68.3 cm³/mol. The van der Waals surface area contributed by atoms with Crippen LogP contribution in [0, 0.1) is 6.92 Å². The van der Waals surface area contributed by atoms with Crippen molar-refractivity contribution in [2.45, 2.75) is 13.8 Å². The van der Waals surface area contributed by atoms with E-state index in [-0.39, 0.29) is 11.5 Å². The first kappa shape index (κ1) is 11.4. The van der Waals surface area contributed by atoms with Gasteiger partial charge in [-0.3, -0.25) is 4.79 Å². The van der Waals surface area contributed by atoms with Gasteiger partial charge in [0.15, 0.2) is 5.78 Å². The van der Waals surface area contributed by atoms with E-state index in [9.17, 15) is 9.90 Å². The summed E-state index contributed by atoms with van der Waals surface area (Å²) in [5, 5.41) is 9.54. The summed E-state index contributed by atoms with van der Waals surface area (Å²) < 4.78 is 0. The van der Waals surface area contributed by atoms with Gasteiger partial charge in [-0.2, -0.15) is 0 Å². The van der Waals surface area contributed by atoms with E-state index in [1.54, 1.807) is 31.2 Å². The quantitative estimate of drug-likeness (QED) is 0.795. The maximum absolute atomic E-state index is 11.2. The summed E-state index contributed by atoms with van der Waals surface area (Å²) in [5.41, 5.74) is 3.66. The highest BCUT2D eigenvalue weighted by molar-refractivity contribution is 5.94. The molecule has 86 valence electrons. The third kappa shape index (κ3) is 2.53. The topological polar surface area (TPSA) is 37.3 Å². The van der Waals surface area contributed by atoms with Gasteiger partial charge < -0.3 is 5.11 Å². The Morgan fingerprint density at radius 1 is 1.00 bits per heavy atom. The lowest BCUT2D eigenvalue weighted by molar-refractivity contribution is 0.101. The van der Waals surface area contributed by atoms with Crippen LogP contribution in [0.4, 0.5) is 0 Å². The number of phenols is 1. The molecule has 0 fully saturated rings. The summed E-state index contributed by atoms with van der Waals surface area (Å²) in [4.78, 5) is 11.2. The highest BCUT2D eigenvalue weighted by Crippen LogP contribution is 2.25. The molecule has 0 bridgehead atoms. The van der Waals surface area contributed by atoms with Gasteiger partial charge in [-0.15, -0.1) is 0 Å². The molecule has 2 heteroatoms. The second kappa shape index (κ2) is 4.42. The number of phenolic OH excluding ortho intramolecular Hbond substituents is 1. The van der Waals surface area contributed by atoms with Crippen LogP contribution in [-0.2, 0) is 0 Å². The molecule has 0 saturated carbocycles. The SMILES string of the molecule is CC(=O)c1ccc(-c2cc(C)cc(O)c2)cc1. The van der Waals surface area contributed by atoms with Crippen molar-refractivity contribution in [2.75, 3.05) is 0 Å². The number of hydrogen-bond acceptors (Lipinski definition) is 2. The van der Waals surface area contributed by atoms with Crippen LogP contribution in [0.2, 0.25) is 0 Å². The van der Waals surface area contributed by atoms with Gasteiger partial charge >= 0.3 is 0 Å². The van der Waals surface area contributed by atoms with E-state index in [0.29, 0.717) is 5.56 Å². The Morgan fingerprint density at radius 2 is 1.65 bits per heavy atom. The third-order valence-electron chi connectivity index (χ3n) is 2.69. The number of benzene rings is 2. The number of rotatable bonds is 2. The minimum Gasteiger partial charge on any atom is -0.508 e. The fraction of sp³-hybridized carbons (Fsp3) is 0.133. The molecule has 0 saturated heterocycles. The molecule has 0 radical (unpaired) electrons. The lowest BCUT2D eigenvalue weighted by Gasteiger charge is -2.05. The zero-order chi connectivity index (χ0) is 12.4. The Labute approximate surface area is 101 Å². The number of carbonyl (C=O) groups excluding carboxylic acids is 1. The predicted octanol–water partition coefficient (Wildman–Crippen LogP) is 3.57. The number of aromatic hydroxyl groups is 1. The fourth-order valence-electron chi connectivity index (χ4n) is 1.83. The second-order valence-electron chi connectivity index (χ2n) is 4.19. The van der Waals surface area contributed by atoms with E-state index in [2.05, 4.69) is 0 Å². The first-order chi connectivity index (χ1) is 8.06. The van der Waals surface area contributed by atoms with E-state index in [1.807, 2.05) is 25.1 Å². The summed E-state index contributed by atoms with van der Waals surface area (Å²) in [7, 11) is 0. The van der Waals surface area contributed by atoms with Crippen LogP contribution in [0.15, 0.2) is 42.5 Å². The third-order valence-corrected chi connectivity index (χ3v) is 2.69. The molecule has 0 aliphatic carbocycles. The Balaban J connectivity index is 2.43. The maximum atomic E-state index is 11.2. The zero-order valence-electron chi connectivity index (χ0n) is 9.90. The van der Waals surface area contributed by atoms with Gasteiger partial charge in [-0.05, 0) is 42.7 Å². The molecule has 2 rings (SSSR count). The van der Waals surface area contributed by atoms with Crippen molar-refractivity contribution in [3.05, 3.63) is 53.6 Å². The van der Waals surface area contributed by atoms with Gasteiger partial charge in [0.1, 0.15) is 5.75 Å². The highest BCUT2D eigenvalue weighted by atomic mass is 16.3. The highest BCUT2D eigenvalue weighted by Gasteiger charge is 2.02. The number of hydrogen-bond donors (Lipinski definition) is 1. The Kier molecular flexibility index (Phi) is 2.96. The Bertz CT molecular complexity index is 533. The molecule has 0 aliphatic heterocycles. The first-order valence-corrected chi connectivity index (χ1v) is 5.48. The van der Waals surface area contributed by atoms with Crippen LogP contribution in [0.3, 0.4) is 0 Å². The van der Waals surface area contributed by atoms with E-state index in [1.165, 1.54) is 0 Å². The van der Waals surface area contributed by atoms with Crippen molar-refractivity contribution in [1.29, 1.82) is 0 Å². The first-order valence-electron chi connectivity index (χ1n) is 5.48. The Morgan fingerprint density at radius 3 is 2.18 bits per heavy atom. The summed E-state index contributed by atoms with van der Waals surface area (Å²) in [6.45, 7) is 3.49. The molecule has 0 atom stereocenters. The average Bonchev–Trinajstić information content (AvgIpc) is 2.28. The van der Waals surface area contributed by atoms with Gasteiger partial charge in [0, 0.05) is 5.56 Å². The summed E-state index contributed by atoms with van der Waals surface area (Å²) in [5.74, 6) is 0.319. The van der Waals surface area contributed by atoms with Crippen LogP contribution >= 0.6 is 0 Å². The average molecular weight is 226 g/mol. The monoisotopic (exact) mass is 226 g/mol. The van der Waals surface area contributed by atoms with Crippen LogP contribution in [0.1, 0.15) is 22.8 Å². The molecular formula is C15H14O2. The lowest BCUT2D eigenvalue weighted by Crippen LogP contribution is -1.90. The molecule has 17 heavy (non-hydrogen) atoms. The van der Waals surface area contributed by atoms with Gasteiger partial charge in [-0.1, -0.05) is 30.3 Å². The number of Topliss-reactive ketones (excluding diaryl/α,β-unsaturated/α-hetero) is 1. The van der Waals surface area contributed by atoms with E-state index in [4.69, 9.17) is 0 Å². The molecule has 0 amide bonds. The van der Waals surface area contributed by atoms with Gasteiger partial charge in [0.25, 0.3) is 0 Å². The largest absolute Gasteiger partial charge is 0.508 e. The minimum absolute atomic E-state index is 0.0589. The number of aryl methyl sites for hydroxylation is 1. The van der Waals surface area contributed by atoms with Crippen molar-refractivity contribution in [3.8, 4) is 16.9 Å². The molecule has 0 spiro atoms. The molecule has 1 N–H and O–H groups in total. The zero-order valence-corrected chi connectivity index (χ0v) is 9.90. The van der Waals surface area contributed by atoms with Gasteiger partial charge in [-0.25, -0.2) is 0 Å². The number of carbonyl (C=O) groups is 1. The van der Waals surface area contributed by atoms with Crippen molar-refractivity contribution in [2.24, 2.45) is 0 Å². The molecule has 0 heterocycles. The van der Waals surface area contributed by atoms with Crippen LogP contribution in [-0.4, -0.2) is 10.9 Å². The summed E-state index contributed by atoms with van der Waals surface area (Å²) in [6, 6.07) is 12.8. The van der Waals surface area contributed by atoms with Crippen molar-refractivity contribution < 1.29 is 9.90 Å². The second-order valence-corrected chi connectivity index (χ2v) is 4.19. The molecule has 2 aromatic carbocycles. The maximum Gasteiger partial charge on any atom is 0.159 e. The molecule has 0 unspecified atom stereocenters.